The lowest BCUT2D eigenvalue weighted by atomic mass is 10.2. The molecule has 0 fully saturated rings. The highest BCUT2D eigenvalue weighted by Gasteiger charge is 2.08. The van der Waals surface area contributed by atoms with Crippen molar-refractivity contribution in [2.75, 3.05) is 6.61 Å². The number of aromatic nitrogens is 1. The molecule has 1 N–H and O–H groups in total. The van der Waals surface area contributed by atoms with E-state index in [1.807, 2.05) is 36.6 Å². The van der Waals surface area contributed by atoms with Gasteiger partial charge < -0.3 is 14.4 Å². The molecule has 0 unspecified atom stereocenters. The highest BCUT2D eigenvalue weighted by atomic mass is 16.5. The van der Waals surface area contributed by atoms with Crippen molar-refractivity contribution in [2.24, 2.45) is 0 Å². The van der Waals surface area contributed by atoms with Gasteiger partial charge in [0.25, 0.3) is 0 Å². The Morgan fingerprint density at radius 1 is 1.39 bits per heavy atom. The third-order valence-corrected chi connectivity index (χ3v) is 2.94. The zero-order valence-corrected chi connectivity index (χ0v) is 10.6. The maximum atomic E-state index is 10.6. The van der Waals surface area contributed by atoms with Crippen molar-refractivity contribution in [2.45, 2.75) is 26.8 Å². The number of nitrogens with zero attached hydrogens (tertiary/aromatic N) is 1. The van der Waals surface area contributed by atoms with Crippen LogP contribution in [0.4, 0.5) is 0 Å². The Morgan fingerprint density at radius 3 is 2.83 bits per heavy atom. The lowest BCUT2D eigenvalue weighted by molar-refractivity contribution is -0.137. The maximum absolute atomic E-state index is 10.6. The fourth-order valence-corrected chi connectivity index (χ4v) is 2.15. The van der Waals surface area contributed by atoms with Crippen molar-refractivity contribution in [1.82, 2.24) is 4.57 Å². The van der Waals surface area contributed by atoms with Gasteiger partial charge in [-0.3, -0.25) is 4.79 Å². The number of hydrogen-bond donors (Lipinski definition) is 1. The number of rotatable bonds is 5. The van der Waals surface area contributed by atoms with Gasteiger partial charge in [0.1, 0.15) is 5.75 Å². The van der Waals surface area contributed by atoms with Crippen molar-refractivity contribution in [3.63, 3.8) is 0 Å². The van der Waals surface area contributed by atoms with E-state index in [-0.39, 0.29) is 6.42 Å². The molecule has 0 bridgehead atoms. The summed E-state index contributed by atoms with van der Waals surface area (Å²) in [5.41, 5.74) is 2.12. The van der Waals surface area contributed by atoms with Crippen LogP contribution in [-0.2, 0) is 11.3 Å². The first-order chi connectivity index (χ1) is 8.61. The molecule has 0 spiro atoms. The minimum Gasteiger partial charge on any atom is -0.494 e. The molecule has 0 atom stereocenters. The Balaban J connectivity index is 2.35. The molecule has 1 aromatic heterocycles. The summed E-state index contributed by atoms with van der Waals surface area (Å²) in [6.07, 6.45) is 0.137. The van der Waals surface area contributed by atoms with Gasteiger partial charge in [-0.05, 0) is 38.1 Å². The fourth-order valence-electron chi connectivity index (χ4n) is 2.15. The van der Waals surface area contributed by atoms with Crippen LogP contribution in [0, 0.1) is 6.92 Å². The second-order valence-electron chi connectivity index (χ2n) is 4.23. The van der Waals surface area contributed by atoms with Crippen molar-refractivity contribution < 1.29 is 14.6 Å². The SMILES string of the molecule is CCOc1ccc2c(c1)cc(C)n2CCC(=O)O. The van der Waals surface area contributed by atoms with Crippen LogP contribution in [-0.4, -0.2) is 22.2 Å². The molecule has 2 rings (SSSR count). The van der Waals surface area contributed by atoms with Crippen molar-refractivity contribution in [3.8, 4) is 5.75 Å². The maximum Gasteiger partial charge on any atom is 0.305 e. The third kappa shape index (κ3) is 2.47. The molecule has 1 heterocycles. The summed E-state index contributed by atoms with van der Waals surface area (Å²) in [6.45, 7) is 5.08. The van der Waals surface area contributed by atoms with E-state index in [0.29, 0.717) is 13.2 Å². The highest BCUT2D eigenvalue weighted by Crippen LogP contribution is 2.24. The molecule has 0 amide bonds. The van der Waals surface area contributed by atoms with E-state index in [1.165, 1.54) is 0 Å². The van der Waals surface area contributed by atoms with Crippen LogP contribution in [0.15, 0.2) is 24.3 Å². The Labute approximate surface area is 106 Å². The molecule has 0 saturated heterocycles. The fraction of sp³-hybridized carbons (Fsp3) is 0.357. The lowest BCUT2D eigenvalue weighted by Gasteiger charge is -2.07. The lowest BCUT2D eigenvalue weighted by Crippen LogP contribution is -2.05. The summed E-state index contributed by atoms with van der Waals surface area (Å²) in [6, 6.07) is 7.94. The third-order valence-electron chi connectivity index (χ3n) is 2.94. The number of carboxylic acids is 1. The van der Waals surface area contributed by atoms with Crippen molar-refractivity contribution in [3.05, 3.63) is 30.0 Å². The van der Waals surface area contributed by atoms with E-state index in [2.05, 4.69) is 6.07 Å². The first-order valence-corrected chi connectivity index (χ1v) is 6.06. The number of fused-ring (bicyclic) bond motifs is 1. The standard InChI is InChI=1S/C14H17NO3/c1-3-18-12-4-5-13-11(9-12)8-10(2)15(13)7-6-14(16)17/h4-5,8-9H,3,6-7H2,1-2H3,(H,16,17). The molecule has 4 heteroatoms. The van der Waals surface area contributed by atoms with Gasteiger partial charge in [-0.1, -0.05) is 0 Å². The van der Waals surface area contributed by atoms with Crippen LogP contribution >= 0.6 is 0 Å². The monoisotopic (exact) mass is 247 g/mol. The van der Waals surface area contributed by atoms with Crippen LogP contribution in [0.1, 0.15) is 19.0 Å². The first-order valence-electron chi connectivity index (χ1n) is 6.06. The average molecular weight is 247 g/mol. The van der Waals surface area contributed by atoms with Crippen LogP contribution in [0.5, 0.6) is 5.75 Å². The van der Waals surface area contributed by atoms with E-state index in [9.17, 15) is 4.79 Å². The van der Waals surface area contributed by atoms with Crippen LogP contribution in [0.3, 0.4) is 0 Å². The molecule has 18 heavy (non-hydrogen) atoms. The van der Waals surface area contributed by atoms with E-state index in [1.54, 1.807) is 0 Å². The zero-order valence-electron chi connectivity index (χ0n) is 10.6. The molecular formula is C14H17NO3. The Morgan fingerprint density at radius 2 is 2.17 bits per heavy atom. The number of carboxylic acid groups (broad SMARTS) is 1. The van der Waals surface area contributed by atoms with E-state index < -0.39 is 5.97 Å². The minimum absolute atomic E-state index is 0.137. The highest BCUT2D eigenvalue weighted by molar-refractivity contribution is 5.83. The van der Waals surface area contributed by atoms with Gasteiger partial charge >= 0.3 is 5.97 Å². The molecule has 0 aliphatic carbocycles. The predicted octanol–water partition coefficient (Wildman–Crippen LogP) is 2.82. The molecule has 96 valence electrons. The summed E-state index contributed by atoms with van der Waals surface area (Å²) in [4.78, 5) is 10.6. The number of ether oxygens (including phenoxy) is 1. The van der Waals surface area contributed by atoms with E-state index >= 15 is 0 Å². The number of benzene rings is 1. The van der Waals surface area contributed by atoms with Gasteiger partial charge in [-0.25, -0.2) is 0 Å². The number of aliphatic carboxylic acids is 1. The second-order valence-corrected chi connectivity index (χ2v) is 4.23. The van der Waals surface area contributed by atoms with Gasteiger partial charge in [-0.2, -0.15) is 0 Å². The van der Waals surface area contributed by atoms with Crippen LogP contribution in [0.2, 0.25) is 0 Å². The minimum atomic E-state index is -0.776. The van der Waals surface area contributed by atoms with Gasteiger partial charge in [-0.15, -0.1) is 0 Å². The predicted molar refractivity (Wildman–Crippen MR) is 70.1 cm³/mol. The number of carbonyl (C=O) groups is 1. The van der Waals surface area contributed by atoms with Crippen molar-refractivity contribution in [1.29, 1.82) is 0 Å². The summed E-state index contributed by atoms with van der Waals surface area (Å²) >= 11 is 0. The Bertz CT molecular complexity index is 572. The summed E-state index contributed by atoms with van der Waals surface area (Å²) in [5.74, 6) is 0.0718. The largest absolute Gasteiger partial charge is 0.494 e. The van der Waals surface area contributed by atoms with Gasteiger partial charge in [0.15, 0.2) is 0 Å². The number of aryl methyl sites for hydroxylation is 2. The molecule has 1 aromatic carbocycles. The van der Waals surface area contributed by atoms with Crippen LogP contribution < -0.4 is 4.74 Å². The summed E-state index contributed by atoms with van der Waals surface area (Å²) in [5, 5.41) is 9.84. The number of hydrogen-bond acceptors (Lipinski definition) is 2. The van der Waals surface area contributed by atoms with E-state index in [4.69, 9.17) is 9.84 Å². The molecule has 4 nitrogen and oxygen atoms in total. The summed E-state index contributed by atoms with van der Waals surface area (Å²) < 4.78 is 7.48. The Hall–Kier alpha value is -1.97. The molecule has 0 radical (unpaired) electrons. The molecule has 2 aromatic rings. The van der Waals surface area contributed by atoms with E-state index in [0.717, 1.165) is 22.3 Å². The Kier molecular flexibility index (Phi) is 3.55. The van der Waals surface area contributed by atoms with Gasteiger partial charge in [0.2, 0.25) is 0 Å². The topological polar surface area (TPSA) is 51.5 Å². The normalized spacial score (nSPS) is 10.8. The average Bonchev–Trinajstić information content (AvgIpc) is 2.62. The zero-order chi connectivity index (χ0) is 13.1. The quantitative estimate of drug-likeness (QED) is 0.883. The van der Waals surface area contributed by atoms with Gasteiger partial charge in [0.05, 0.1) is 13.0 Å². The second kappa shape index (κ2) is 5.12. The molecule has 0 aliphatic heterocycles. The molecule has 0 saturated carbocycles. The molecular weight excluding hydrogens is 230 g/mol. The van der Waals surface area contributed by atoms with Gasteiger partial charge in [0, 0.05) is 23.1 Å². The summed E-state index contributed by atoms with van der Waals surface area (Å²) in [7, 11) is 0. The smallest absolute Gasteiger partial charge is 0.305 e. The first kappa shape index (κ1) is 12.5. The van der Waals surface area contributed by atoms with Crippen molar-refractivity contribution >= 4 is 16.9 Å². The molecule has 0 aliphatic rings. The van der Waals surface area contributed by atoms with Crippen LogP contribution in [0.25, 0.3) is 10.9 Å².